The monoisotopic (exact) mass is 426 g/mol. The van der Waals surface area contributed by atoms with Crippen LogP contribution in [0.25, 0.3) is 0 Å². The highest BCUT2D eigenvalue weighted by Gasteiger charge is 2.46. The Morgan fingerprint density at radius 1 is 1.10 bits per heavy atom. The van der Waals surface area contributed by atoms with Gasteiger partial charge in [-0.25, -0.2) is 0 Å². The summed E-state index contributed by atoms with van der Waals surface area (Å²) in [6, 6.07) is 7.21. The van der Waals surface area contributed by atoms with Gasteiger partial charge in [0.25, 0.3) is 0 Å². The number of ether oxygens (including phenoxy) is 2. The molecule has 0 bridgehead atoms. The topological polar surface area (TPSA) is 96.2 Å². The molecule has 0 fully saturated rings. The number of phenolic OH excluding ortho intramolecular Hbond substituents is 1. The predicted molar refractivity (Wildman–Crippen MR) is 116 cm³/mol. The van der Waals surface area contributed by atoms with E-state index in [4.69, 9.17) is 9.47 Å². The number of carbonyl (C=O) groups is 1. The van der Waals surface area contributed by atoms with Gasteiger partial charge >= 0.3 is 0 Å². The standard InChI is InChI=1S/C25H30O6/c1-13-8-15(23-19(9-13)30-12-20(31-23)25(4,5)29)22-17(24(2,3)28)10-14-6-7-18(27)16(11-26)21(14)22/h6-9,11,17,20,22,27-29H,10,12H2,1-5H3/t17-,20-,22-/m0/s1. The van der Waals surface area contributed by atoms with Crippen LogP contribution < -0.4 is 9.47 Å². The van der Waals surface area contributed by atoms with Crippen molar-refractivity contribution in [3.63, 3.8) is 0 Å². The molecule has 0 unspecified atom stereocenters. The van der Waals surface area contributed by atoms with E-state index in [2.05, 4.69) is 0 Å². The average Bonchev–Trinajstić information content (AvgIpc) is 3.06. The van der Waals surface area contributed by atoms with Crippen molar-refractivity contribution in [2.24, 2.45) is 5.92 Å². The van der Waals surface area contributed by atoms with Gasteiger partial charge in [0, 0.05) is 17.4 Å². The van der Waals surface area contributed by atoms with E-state index in [-0.39, 0.29) is 29.8 Å². The molecule has 1 aliphatic heterocycles. The first-order valence-electron chi connectivity index (χ1n) is 10.6. The van der Waals surface area contributed by atoms with Crippen molar-refractivity contribution in [3.8, 4) is 17.2 Å². The molecule has 0 amide bonds. The maximum atomic E-state index is 11.9. The number of aliphatic hydroxyl groups is 2. The Balaban J connectivity index is 1.96. The second-order valence-corrected chi connectivity index (χ2v) is 9.88. The fourth-order valence-electron chi connectivity index (χ4n) is 4.85. The average molecular weight is 427 g/mol. The maximum Gasteiger partial charge on any atom is 0.165 e. The van der Waals surface area contributed by atoms with Crippen LogP contribution in [0.5, 0.6) is 17.2 Å². The third kappa shape index (κ3) is 3.68. The van der Waals surface area contributed by atoms with Crippen LogP contribution in [0.1, 0.15) is 66.2 Å². The van der Waals surface area contributed by atoms with Crippen LogP contribution in [0.3, 0.4) is 0 Å². The smallest absolute Gasteiger partial charge is 0.165 e. The van der Waals surface area contributed by atoms with Gasteiger partial charge in [-0.2, -0.15) is 0 Å². The molecule has 3 atom stereocenters. The normalized spacial score (nSPS) is 22.9. The SMILES string of the molecule is Cc1cc2c(c([C@@H]3c4c(ccc(O)c4C=O)C[C@@H]3C(C)(C)O)c1)O[C@H](C(C)(C)O)CO2. The number of hydrogen-bond acceptors (Lipinski definition) is 6. The highest BCUT2D eigenvalue weighted by atomic mass is 16.6. The van der Waals surface area contributed by atoms with Crippen molar-refractivity contribution in [2.45, 2.75) is 64.3 Å². The van der Waals surface area contributed by atoms with Crippen LogP contribution in [-0.2, 0) is 6.42 Å². The molecule has 0 saturated carbocycles. The molecule has 166 valence electrons. The molecule has 6 nitrogen and oxygen atoms in total. The summed E-state index contributed by atoms with van der Waals surface area (Å²) in [4.78, 5) is 11.9. The fourth-order valence-corrected chi connectivity index (χ4v) is 4.85. The first-order chi connectivity index (χ1) is 14.4. The number of hydrogen-bond donors (Lipinski definition) is 3. The van der Waals surface area contributed by atoms with Crippen molar-refractivity contribution in [1.29, 1.82) is 0 Å². The molecule has 0 saturated heterocycles. The molecule has 2 aliphatic rings. The minimum absolute atomic E-state index is 0.0804. The second-order valence-electron chi connectivity index (χ2n) is 9.88. The number of phenols is 1. The number of fused-ring (bicyclic) bond motifs is 2. The molecular weight excluding hydrogens is 396 g/mol. The lowest BCUT2D eigenvalue weighted by atomic mass is 9.75. The number of aldehydes is 1. The first kappa shape index (κ1) is 21.7. The first-order valence-corrected chi connectivity index (χ1v) is 10.6. The van der Waals surface area contributed by atoms with Crippen LogP contribution in [0.2, 0.25) is 0 Å². The van der Waals surface area contributed by atoms with Crippen LogP contribution in [0, 0.1) is 12.8 Å². The van der Waals surface area contributed by atoms with E-state index in [1.54, 1.807) is 27.7 Å². The Morgan fingerprint density at radius 3 is 2.42 bits per heavy atom. The van der Waals surface area contributed by atoms with E-state index in [1.165, 1.54) is 6.07 Å². The van der Waals surface area contributed by atoms with Gasteiger partial charge in [-0.15, -0.1) is 0 Å². The predicted octanol–water partition coefficient (Wildman–Crippen LogP) is 3.50. The minimum atomic E-state index is -1.12. The summed E-state index contributed by atoms with van der Waals surface area (Å²) < 4.78 is 12.2. The van der Waals surface area contributed by atoms with Crippen LogP contribution in [0.15, 0.2) is 24.3 Å². The molecule has 3 N–H and O–H groups in total. The molecule has 1 heterocycles. The lowest BCUT2D eigenvalue weighted by Gasteiger charge is -2.38. The summed E-state index contributed by atoms with van der Waals surface area (Å²) in [5.41, 5.74) is 1.43. The Morgan fingerprint density at radius 2 is 1.81 bits per heavy atom. The number of benzene rings is 2. The number of aromatic hydroxyl groups is 1. The molecule has 2 aromatic carbocycles. The van der Waals surface area contributed by atoms with Gasteiger partial charge < -0.3 is 24.8 Å². The van der Waals surface area contributed by atoms with Crippen LogP contribution >= 0.6 is 0 Å². The van der Waals surface area contributed by atoms with E-state index in [9.17, 15) is 20.1 Å². The van der Waals surface area contributed by atoms with Gasteiger partial charge in [0.2, 0.25) is 0 Å². The van der Waals surface area contributed by atoms with Gasteiger partial charge in [0.1, 0.15) is 12.4 Å². The van der Waals surface area contributed by atoms with E-state index in [0.717, 1.165) is 16.7 Å². The Kier molecular flexibility index (Phi) is 5.06. The van der Waals surface area contributed by atoms with Crippen molar-refractivity contribution in [2.75, 3.05) is 6.61 Å². The molecule has 0 spiro atoms. The molecule has 6 heteroatoms. The third-order valence-electron chi connectivity index (χ3n) is 6.53. The van der Waals surface area contributed by atoms with Gasteiger partial charge in [0.15, 0.2) is 23.9 Å². The lowest BCUT2D eigenvalue weighted by molar-refractivity contribution is -0.0662. The van der Waals surface area contributed by atoms with Crippen molar-refractivity contribution in [1.82, 2.24) is 0 Å². The molecule has 4 rings (SSSR count). The number of aryl methyl sites for hydroxylation is 1. The molecule has 1 aliphatic carbocycles. The number of carbonyl (C=O) groups excluding carboxylic acids is 1. The highest BCUT2D eigenvalue weighted by Crippen LogP contribution is 2.54. The molecular formula is C25H30O6. The van der Waals surface area contributed by atoms with E-state index in [0.29, 0.717) is 29.8 Å². The van der Waals surface area contributed by atoms with Crippen molar-refractivity contribution < 1.29 is 29.6 Å². The largest absolute Gasteiger partial charge is 0.507 e. The van der Waals surface area contributed by atoms with Gasteiger partial charge in [-0.3, -0.25) is 4.79 Å². The van der Waals surface area contributed by atoms with Crippen LogP contribution in [0.4, 0.5) is 0 Å². The van der Waals surface area contributed by atoms with E-state index < -0.39 is 17.3 Å². The zero-order valence-corrected chi connectivity index (χ0v) is 18.6. The van der Waals surface area contributed by atoms with Crippen molar-refractivity contribution >= 4 is 6.29 Å². The molecule has 2 aromatic rings. The summed E-state index contributed by atoms with van der Waals surface area (Å²) in [5.74, 6) is 0.367. The zero-order chi connectivity index (χ0) is 22.7. The van der Waals surface area contributed by atoms with Gasteiger partial charge in [0.05, 0.1) is 16.8 Å². The summed E-state index contributed by atoms with van der Waals surface area (Å²) in [6.45, 7) is 9.04. The van der Waals surface area contributed by atoms with Gasteiger partial charge in [-0.05, 0) is 69.9 Å². The summed E-state index contributed by atoms with van der Waals surface area (Å²) in [6.07, 6.45) is 0.661. The van der Waals surface area contributed by atoms with E-state index in [1.807, 2.05) is 25.1 Å². The minimum Gasteiger partial charge on any atom is -0.507 e. The van der Waals surface area contributed by atoms with Crippen LogP contribution in [-0.4, -0.2) is 45.5 Å². The molecule has 0 aromatic heterocycles. The van der Waals surface area contributed by atoms with Gasteiger partial charge in [-0.1, -0.05) is 12.1 Å². The Labute approximate surface area is 182 Å². The third-order valence-corrected chi connectivity index (χ3v) is 6.53. The maximum absolute atomic E-state index is 11.9. The second kappa shape index (κ2) is 7.24. The van der Waals surface area contributed by atoms with Crippen molar-refractivity contribution in [3.05, 3.63) is 52.1 Å². The summed E-state index contributed by atoms with van der Waals surface area (Å²) >= 11 is 0. The molecule has 0 radical (unpaired) electrons. The quantitative estimate of drug-likeness (QED) is 0.648. The lowest BCUT2D eigenvalue weighted by Crippen LogP contribution is -2.46. The Hall–Kier alpha value is -2.57. The summed E-state index contributed by atoms with van der Waals surface area (Å²) in [5, 5.41) is 31.9. The summed E-state index contributed by atoms with van der Waals surface area (Å²) in [7, 11) is 0. The highest BCUT2D eigenvalue weighted by molar-refractivity contribution is 5.84. The number of rotatable bonds is 4. The fraction of sp³-hybridized carbons (Fsp3) is 0.480. The Bertz CT molecular complexity index is 1030. The molecule has 31 heavy (non-hydrogen) atoms. The van der Waals surface area contributed by atoms with E-state index >= 15 is 0 Å². The zero-order valence-electron chi connectivity index (χ0n) is 18.6.